The van der Waals surface area contributed by atoms with E-state index in [4.69, 9.17) is 32.3 Å². The molecule has 0 radical (unpaired) electrons. The molecule has 0 spiro atoms. The number of carbonyl (C=O) groups excluding carboxylic acids is 3. The Balaban J connectivity index is 4.78. The highest BCUT2D eigenvalue weighted by molar-refractivity contribution is 7.47. The van der Waals surface area contributed by atoms with Crippen molar-refractivity contribution in [1.82, 2.24) is 0 Å². The molecule has 18 heteroatoms. The maximum Gasteiger partial charge on any atom is 0.472 e. The summed E-state index contributed by atoms with van der Waals surface area (Å²) in [6.45, 7) is 2.19. The molecule has 0 aliphatic carbocycles. The van der Waals surface area contributed by atoms with E-state index >= 15 is 0 Å². The van der Waals surface area contributed by atoms with E-state index < -0.39 is 91.5 Å². The molecule has 0 rings (SSSR count). The van der Waals surface area contributed by atoms with E-state index in [0.29, 0.717) is 32.1 Å². The molecule has 0 bridgehead atoms. The Morgan fingerprint density at radius 1 is 0.358 bits per heavy atom. The van der Waals surface area contributed by atoms with Gasteiger partial charge in [-0.2, -0.15) is 0 Å². The topological polar surface area (TPSA) is 231 Å². The van der Waals surface area contributed by atoms with Gasteiger partial charge in [0, 0.05) is 19.3 Å². The number of carbonyl (C=O) groups is 3. The van der Waals surface area contributed by atoms with Crippen LogP contribution < -0.4 is 0 Å². The molecule has 0 fully saturated rings. The Bertz CT molecular complexity index is 2020. The lowest BCUT2D eigenvalue weighted by molar-refractivity contribution is -0.161. The van der Waals surface area contributed by atoms with Gasteiger partial charge in [-0.1, -0.05) is 187 Å². The summed E-state index contributed by atoms with van der Waals surface area (Å²) in [7, 11) is -9.80. The first-order valence-corrected chi connectivity index (χ1v) is 32.5. The van der Waals surface area contributed by atoms with Crippen LogP contribution in [0.4, 0.5) is 0 Å². The lowest BCUT2D eigenvalue weighted by Gasteiger charge is -2.21. The van der Waals surface area contributed by atoms with E-state index in [1.54, 1.807) is 0 Å². The lowest BCUT2D eigenvalue weighted by atomic mass is 10.1. The van der Waals surface area contributed by atoms with Crippen molar-refractivity contribution in [2.24, 2.45) is 0 Å². The number of ether oxygens (including phenoxy) is 3. The van der Waals surface area contributed by atoms with Crippen molar-refractivity contribution in [3.8, 4) is 0 Å². The van der Waals surface area contributed by atoms with Crippen LogP contribution in [0.2, 0.25) is 0 Å². The second kappa shape index (κ2) is 56.2. The van der Waals surface area contributed by atoms with Gasteiger partial charge in [0.05, 0.1) is 26.4 Å². The van der Waals surface area contributed by atoms with Gasteiger partial charge < -0.3 is 34.2 Å². The molecule has 460 valence electrons. The zero-order valence-electron chi connectivity index (χ0n) is 49.1. The molecule has 0 aromatic heterocycles. The van der Waals surface area contributed by atoms with E-state index in [9.17, 15) is 43.5 Å². The number of hydrogen-bond donors (Lipinski definition) is 4. The van der Waals surface area contributed by atoms with Crippen LogP contribution in [0.15, 0.2) is 134 Å². The van der Waals surface area contributed by atoms with Crippen LogP contribution in [0.25, 0.3) is 0 Å². The SMILES string of the molecule is CC/C=C\C/C=C\C/C=C\C/C=C\C/C=C\CCCC(=O)OCC(O)COP(=O)(O)OCC(O)COP(=O)(O)OCC(COC(=O)CCC/C=C\C/C=C\C/C=C\C/C=C\C/C=C\CC)OC(=O)CCCCCCC/C=C\CCCC. The van der Waals surface area contributed by atoms with Gasteiger partial charge in [0.1, 0.15) is 25.4 Å². The van der Waals surface area contributed by atoms with Gasteiger partial charge in [-0.05, 0) is 116 Å². The quantitative estimate of drug-likeness (QED) is 0.0146. The fourth-order valence-electron chi connectivity index (χ4n) is 6.85. The van der Waals surface area contributed by atoms with Crippen LogP contribution in [-0.4, -0.2) is 95.9 Å². The monoisotopic (exact) mass is 1180 g/mol. The van der Waals surface area contributed by atoms with Gasteiger partial charge in [0.15, 0.2) is 6.10 Å². The molecule has 0 aliphatic heterocycles. The molecule has 0 aromatic rings. The fraction of sp³-hybridized carbons (Fsp3) is 0.603. The average molecular weight is 1180 g/mol. The van der Waals surface area contributed by atoms with Crippen LogP contribution in [0.1, 0.15) is 188 Å². The normalized spacial score (nSPS) is 15.4. The van der Waals surface area contributed by atoms with E-state index in [1.165, 1.54) is 12.8 Å². The van der Waals surface area contributed by atoms with E-state index in [0.717, 1.165) is 103 Å². The zero-order valence-corrected chi connectivity index (χ0v) is 50.9. The molecule has 0 saturated heterocycles. The van der Waals surface area contributed by atoms with Crippen molar-refractivity contribution >= 4 is 33.6 Å². The first-order chi connectivity index (χ1) is 39.2. The first-order valence-electron chi connectivity index (χ1n) is 29.5. The second-order valence-electron chi connectivity index (χ2n) is 19.0. The highest BCUT2D eigenvalue weighted by atomic mass is 31.2. The average Bonchev–Trinajstić information content (AvgIpc) is 3.44. The highest BCUT2D eigenvalue weighted by Gasteiger charge is 2.29. The van der Waals surface area contributed by atoms with Crippen LogP contribution in [-0.2, 0) is 55.8 Å². The minimum absolute atomic E-state index is 0.0758. The van der Waals surface area contributed by atoms with Crippen LogP contribution in [0, 0.1) is 0 Å². The molecule has 0 amide bonds. The number of esters is 3. The first kappa shape index (κ1) is 76.7. The van der Waals surface area contributed by atoms with Crippen molar-refractivity contribution in [2.45, 2.75) is 206 Å². The summed E-state index contributed by atoms with van der Waals surface area (Å²) in [5, 5.41) is 20.4. The summed E-state index contributed by atoms with van der Waals surface area (Å²) in [4.78, 5) is 58.0. The summed E-state index contributed by atoms with van der Waals surface area (Å²) in [5.74, 6) is -1.73. The van der Waals surface area contributed by atoms with Crippen LogP contribution in [0.5, 0.6) is 0 Å². The Labute approximate surface area is 486 Å². The zero-order chi connectivity index (χ0) is 59.6. The van der Waals surface area contributed by atoms with E-state index in [2.05, 4.69) is 130 Å². The Morgan fingerprint density at radius 2 is 0.667 bits per heavy atom. The van der Waals surface area contributed by atoms with Gasteiger partial charge in [0.2, 0.25) is 0 Å². The Kier molecular flexibility index (Phi) is 53.2. The molecular weight excluding hydrogens is 1070 g/mol. The number of phosphoric ester groups is 2. The van der Waals surface area contributed by atoms with Crippen molar-refractivity contribution in [3.05, 3.63) is 134 Å². The van der Waals surface area contributed by atoms with Crippen molar-refractivity contribution in [3.63, 3.8) is 0 Å². The smallest absolute Gasteiger partial charge is 0.463 e. The number of aliphatic hydroxyl groups excluding tert-OH is 2. The van der Waals surface area contributed by atoms with E-state index in [1.807, 2.05) is 24.3 Å². The molecule has 16 nitrogen and oxygen atoms in total. The van der Waals surface area contributed by atoms with Gasteiger partial charge >= 0.3 is 33.6 Å². The predicted molar refractivity (Wildman–Crippen MR) is 325 cm³/mol. The molecule has 0 aliphatic rings. The van der Waals surface area contributed by atoms with Gasteiger partial charge in [-0.25, -0.2) is 9.13 Å². The number of rotatable bonds is 54. The standard InChI is InChI=1S/C63H102O16P2/c1-4-7-10-13-16-19-22-24-26-28-30-32-35-37-40-43-46-49-61(66)73-52-58(64)53-75-80(69,70)76-54-59(65)55-77-81(71,72)78-57-60(79-63(68)51-48-45-42-39-34-21-18-15-12-9-6-3)56-74-62(67)50-47-44-41-38-36-33-31-29-27-25-23-20-17-14-11-8-5-2/h7-8,10-11,15-20,24-27,30-33,37-38,40-41,58-60,64-65H,4-6,9,12-14,21-23,28-29,34-36,39,42-57H2,1-3H3,(H,69,70)(H,71,72)/b10-7-,11-8-,18-15-,19-16-,20-17-,26-24-,27-25-,32-30-,33-31-,40-37-,41-38-. The number of hydrogen-bond acceptors (Lipinski definition) is 14. The summed E-state index contributed by atoms with van der Waals surface area (Å²) in [5.41, 5.74) is 0. The second-order valence-corrected chi connectivity index (χ2v) is 21.9. The largest absolute Gasteiger partial charge is 0.472 e. The van der Waals surface area contributed by atoms with Gasteiger partial charge in [-0.15, -0.1) is 0 Å². The molecule has 0 aromatic carbocycles. The fourth-order valence-corrected chi connectivity index (χ4v) is 8.44. The molecule has 4 N–H and O–H groups in total. The maximum absolute atomic E-state index is 12.8. The Hall–Kier alpha value is -4.31. The molecule has 0 saturated carbocycles. The molecule has 5 unspecified atom stereocenters. The van der Waals surface area contributed by atoms with Gasteiger partial charge in [-0.3, -0.25) is 32.5 Å². The van der Waals surface area contributed by atoms with Crippen molar-refractivity contribution < 1.29 is 75.8 Å². The van der Waals surface area contributed by atoms with Gasteiger partial charge in [0.25, 0.3) is 0 Å². The van der Waals surface area contributed by atoms with E-state index in [-0.39, 0.29) is 19.3 Å². The maximum atomic E-state index is 12.8. The number of allylic oxidation sites excluding steroid dienone is 22. The number of aliphatic hydroxyl groups is 2. The van der Waals surface area contributed by atoms with Crippen molar-refractivity contribution in [2.75, 3.05) is 39.6 Å². The van der Waals surface area contributed by atoms with Crippen LogP contribution in [0.3, 0.4) is 0 Å². The minimum Gasteiger partial charge on any atom is -0.463 e. The third-order valence-corrected chi connectivity index (χ3v) is 13.2. The van der Waals surface area contributed by atoms with Crippen LogP contribution >= 0.6 is 15.6 Å². The molecule has 0 heterocycles. The third-order valence-electron chi connectivity index (χ3n) is 11.3. The number of unbranched alkanes of at least 4 members (excludes halogenated alkanes) is 9. The minimum atomic E-state index is -4.94. The summed E-state index contributed by atoms with van der Waals surface area (Å²) in [6.07, 6.45) is 62.6. The molecular formula is C63H102O16P2. The predicted octanol–water partition coefficient (Wildman–Crippen LogP) is 15.3. The molecule has 5 atom stereocenters. The third kappa shape index (κ3) is 57.3. The highest BCUT2D eigenvalue weighted by Crippen LogP contribution is 2.45. The lowest BCUT2D eigenvalue weighted by Crippen LogP contribution is -2.30. The summed E-state index contributed by atoms with van der Waals surface area (Å²) >= 11 is 0. The summed E-state index contributed by atoms with van der Waals surface area (Å²) in [6, 6.07) is 0. The Morgan fingerprint density at radius 3 is 1.09 bits per heavy atom. The molecule has 81 heavy (non-hydrogen) atoms. The van der Waals surface area contributed by atoms with Crippen molar-refractivity contribution in [1.29, 1.82) is 0 Å². The summed E-state index contributed by atoms with van der Waals surface area (Å²) < 4.78 is 60.4. The number of phosphoric acid groups is 2.